The topological polar surface area (TPSA) is 26.3 Å². The zero-order valence-corrected chi connectivity index (χ0v) is 9.90. The molecule has 1 fully saturated rings. The highest BCUT2D eigenvalue weighted by molar-refractivity contribution is 5.76. The maximum Gasteiger partial charge on any atom is 0.132 e. The van der Waals surface area contributed by atoms with E-state index in [2.05, 4.69) is 19.1 Å². The molecule has 1 aromatic carbocycles. The van der Waals surface area contributed by atoms with Crippen LogP contribution in [0.5, 0.6) is 0 Å². The fourth-order valence-electron chi connectivity index (χ4n) is 2.39. The molecule has 2 atom stereocenters. The molecule has 0 N–H and O–H groups in total. The highest BCUT2D eigenvalue weighted by atomic mass is 16.5. The van der Waals surface area contributed by atoms with Crippen LogP contribution in [0.25, 0.3) is 0 Å². The maximum absolute atomic E-state index is 11.1. The van der Waals surface area contributed by atoms with E-state index in [9.17, 15) is 4.79 Å². The molecular formula is C14H18O2. The van der Waals surface area contributed by atoms with Gasteiger partial charge < -0.3 is 4.74 Å². The minimum atomic E-state index is -0.207. The maximum atomic E-state index is 11.1. The quantitative estimate of drug-likeness (QED) is 0.779. The smallest absolute Gasteiger partial charge is 0.132 e. The Labute approximate surface area is 96.6 Å². The molecule has 2 unspecified atom stereocenters. The zero-order chi connectivity index (χ0) is 11.6. The van der Waals surface area contributed by atoms with Gasteiger partial charge in [-0.25, -0.2) is 0 Å². The molecule has 1 heterocycles. The molecule has 1 aliphatic rings. The summed E-state index contributed by atoms with van der Waals surface area (Å²) >= 11 is 0. The molecule has 0 radical (unpaired) electrons. The summed E-state index contributed by atoms with van der Waals surface area (Å²) in [5.74, 6) is 0.210. The van der Waals surface area contributed by atoms with Gasteiger partial charge in [-0.3, -0.25) is 4.79 Å². The lowest BCUT2D eigenvalue weighted by atomic mass is 9.93. The molecule has 0 bridgehead atoms. The van der Waals surface area contributed by atoms with Gasteiger partial charge in [0.2, 0.25) is 0 Å². The highest BCUT2D eigenvalue weighted by Gasteiger charge is 2.37. The van der Waals surface area contributed by atoms with Crippen molar-refractivity contribution in [1.82, 2.24) is 0 Å². The van der Waals surface area contributed by atoms with Gasteiger partial charge in [0.05, 0.1) is 11.7 Å². The lowest BCUT2D eigenvalue weighted by Gasteiger charge is -2.25. The van der Waals surface area contributed by atoms with E-state index in [0.717, 1.165) is 12.8 Å². The molecule has 2 nitrogen and oxygen atoms in total. The van der Waals surface area contributed by atoms with Crippen LogP contribution < -0.4 is 0 Å². The molecule has 0 spiro atoms. The van der Waals surface area contributed by atoms with Crippen LogP contribution in [0.4, 0.5) is 0 Å². The Morgan fingerprint density at radius 2 is 2.12 bits per heavy atom. The molecular weight excluding hydrogens is 200 g/mol. The molecule has 0 aromatic heterocycles. The van der Waals surface area contributed by atoms with Crippen LogP contribution in [0, 0.1) is 0 Å². The third-order valence-electron chi connectivity index (χ3n) is 3.27. The van der Waals surface area contributed by atoms with Gasteiger partial charge in [0.1, 0.15) is 5.78 Å². The summed E-state index contributed by atoms with van der Waals surface area (Å²) in [6, 6.07) is 10.3. The van der Waals surface area contributed by atoms with Crippen molar-refractivity contribution < 1.29 is 9.53 Å². The predicted octanol–water partition coefficient (Wildman–Crippen LogP) is 3.06. The molecule has 1 aliphatic heterocycles. The Balaban J connectivity index is 2.09. The minimum absolute atomic E-state index is 0.0997. The first-order chi connectivity index (χ1) is 7.60. The first kappa shape index (κ1) is 11.3. The van der Waals surface area contributed by atoms with Crippen LogP contribution in [-0.2, 0) is 15.1 Å². The summed E-state index contributed by atoms with van der Waals surface area (Å²) in [5.41, 5.74) is 1.00. The van der Waals surface area contributed by atoms with E-state index >= 15 is 0 Å². The highest BCUT2D eigenvalue weighted by Crippen LogP contribution is 2.39. The van der Waals surface area contributed by atoms with Gasteiger partial charge >= 0.3 is 0 Å². The summed E-state index contributed by atoms with van der Waals surface area (Å²) in [4.78, 5) is 11.1. The van der Waals surface area contributed by atoms with Crippen LogP contribution >= 0.6 is 0 Å². The van der Waals surface area contributed by atoms with Gasteiger partial charge in [-0.05, 0) is 32.3 Å². The van der Waals surface area contributed by atoms with Crippen molar-refractivity contribution in [2.75, 3.05) is 0 Å². The Bertz CT molecular complexity index is 372. The molecule has 0 aliphatic carbocycles. The summed E-state index contributed by atoms with van der Waals surface area (Å²) in [6.07, 6.45) is 2.62. The number of rotatable bonds is 3. The number of hydrogen-bond donors (Lipinski definition) is 0. The van der Waals surface area contributed by atoms with E-state index in [0.29, 0.717) is 6.42 Å². The molecule has 1 aromatic rings. The fraction of sp³-hybridized carbons (Fsp3) is 0.500. The van der Waals surface area contributed by atoms with Crippen molar-refractivity contribution in [3.63, 3.8) is 0 Å². The van der Waals surface area contributed by atoms with E-state index in [-0.39, 0.29) is 17.5 Å². The van der Waals surface area contributed by atoms with Crippen LogP contribution in [0.2, 0.25) is 0 Å². The molecule has 16 heavy (non-hydrogen) atoms. The second-order valence-corrected chi connectivity index (χ2v) is 4.78. The summed E-state index contributed by atoms with van der Waals surface area (Å²) in [7, 11) is 0. The molecule has 2 heteroatoms. The van der Waals surface area contributed by atoms with Gasteiger partial charge in [0.15, 0.2) is 0 Å². The molecule has 2 rings (SSSR count). The summed E-state index contributed by atoms with van der Waals surface area (Å²) < 4.78 is 6.02. The zero-order valence-electron chi connectivity index (χ0n) is 9.90. The van der Waals surface area contributed by atoms with Crippen molar-refractivity contribution >= 4 is 5.78 Å². The monoisotopic (exact) mass is 218 g/mol. The SMILES string of the molecule is CC(=O)CC1CCC(C)(c2ccccc2)O1. The van der Waals surface area contributed by atoms with Gasteiger partial charge in [-0.2, -0.15) is 0 Å². The predicted molar refractivity (Wildman–Crippen MR) is 63.2 cm³/mol. The van der Waals surface area contributed by atoms with E-state index in [1.807, 2.05) is 18.2 Å². The minimum Gasteiger partial charge on any atom is -0.367 e. The van der Waals surface area contributed by atoms with Crippen molar-refractivity contribution in [1.29, 1.82) is 0 Å². The Morgan fingerprint density at radius 3 is 2.75 bits per heavy atom. The number of benzene rings is 1. The van der Waals surface area contributed by atoms with Crippen molar-refractivity contribution in [2.24, 2.45) is 0 Å². The Kier molecular flexibility index (Phi) is 3.10. The lowest BCUT2D eigenvalue weighted by molar-refractivity contribution is -0.121. The number of carbonyl (C=O) groups is 1. The number of ketones is 1. The van der Waals surface area contributed by atoms with Gasteiger partial charge in [-0.15, -0.1) is 0 Å². The first-order valence-corrected chi connectivity index (χ1v) is 5.83. The van der Waals surface area contributed by atoms with Crippen molar-refractivity contribution in [3.8, 4) is 0 Å². The standard InChI is InChI=1S/C14H18O2/c1-11(15)10-13-8-9-14(2,16-13)12-6-4-3-5-7-12/h3-7,13H,8-10H2,1-2H3. The summed E-state index contributed by atoms with van der Waals surface area (Å²) in [6.45, 7) is 3.74. The Hall–Kier alpha value is -1.15. The summed E-state index contributed by atoms with van der Waals surface area (Å²) in [5, 5.41) is 0. The second kappa shape index (κ2) is 4.38. The molecule has 0 saturated carbocycles. The van der Waals surface area contributed by atoms with Crippen molar-refractivity contribution in [2.45, 2.75) is 44.8 Å². The van der Waals surface area contributed by atoms with E-state index in [1.54, 1.807) is 6.92 Å². The van der Waals surface area contributed by atoms with Gasteiger partial charge in [0, 0.05) is 6.42 Å². The number of hydrogen-bond acceptors (Lipinski definition) is 2. The van der Waals surface area contributed by atoms with E-state index < -0.39 is 0 Å². The largest absolute Gasteiger partial charge is 0.367 e. The van der Waals surface area contributed by atoms with Crippen LogP contribution in [0.3, 0.4) is 0 Å². The third-order valence-corrected chi connectivity index (χ3v) is 3.27. The lowest BCUT2D eigenvalue weighted by Crippen LogP contribution is -2.23. The fourth-order valence-corrected chi connectivity index (χ4v) is 2.39. The number of carbonyl (C=O) groups excluding carboxylic acids is 1. The molecule has 0 amide bonds. The molecule has 86 valence electrons. The van der Waals surface area contributed by atoms with Crippen LogP contribution in [0.15, 0.2) is 30.3 Å². The molecule has 1 saturated heterocycles. The number of ether oxygens (including phenoxy) is 1. The Morgan fingerprint density at radius 1 is 1.44 bits per heavy atom. The second-order valence-electron chi connectivity index (χ2n) is 4.78. The van der Waals surface area contributed by atoms with Gasteiger partial charge in [-0.1, -0.05) is 30.3 Å². The van der Waals surface area contributed by atoms with Crippen molar-refractivity contribution in [3.05, 3.63) is 35.9 Å². The first-order valence-electron chi connectivity index (χ1n) is 5.83. The van der Waals surface area contributed by atoms with Crippen LogP contribution in [-0.4, -0.2) is 11.9 Å². The van der Waals surface area contributed by atoms with E-state index in [1.165, 1.54) is 5.56 Å². The average molecular weight is 218 g/mol. The third kappa shape index (κ3) is 2.33. The van der Waals surface area contributed by atoms with Gasteiger partial charge in [0.25, 0.3) is 0 Å². The normalized spacial score (nSPS) is 29.2. The number of Topliss-reactive ketones (excluding diaryl/α,β-unsaturated/α-hetero) is 1. The van der Waals surface area contributed by atoms with E-state index in [4.69, 9.17) is 4.74 Å². The van der Waals surface area contributed by atoms with Crippen LogP contribution in [0.1, 0.15) is 38.7 Å². The average Bonchev–Trinajstić information content (AvgIpc) is 2.62.